The lowest BCUT2D eigenvalue weighted by molar-refractivity contribution is -0.167. The predicted molar refractivity (Wildman–Crippen MR) is 353 cm³/mol. The van der Waals surface area contributed by atoms with Gasteiger partial charge in [-0.2, -0.15) is 0 Å². The third-order valence-corrected chi connectivity index (χ3v) is 14.1. The molecular weight excluding hydrogens is 997 g/mol. The number of hydrogen-bond acceptors (Lipinski definition) is 6. The summed E-state index contributed by atoms with van der Waals surface area (Å²) in [5.74, 6) is -0.918. The topological polar surface area (TPSA) is 78.9 Å². The van der Waals surface area contributed by atoms with Gasteiger partial charge in [-0.05, 0) is 141 Å². The normalized spacial score (nSPS) is 13.0. The maximum Gasteiger partial charge on any atom is 0.306 e. The second kappa shape index (κ2) is 68.1. The van der Waals surface area contributed by atoms with Crippen molar-refractivity contribution in [1.82, 2.24) is 0 Å². The number of allylic oxidation sites excluding steroid dienone is 22. The summed E-state index contributed by atoms with van der Waals surface area (Å²) in [5.41, 5.74) is 0. The molecule has 0 aromatic heterocycles. The van der Waals surface area contributed by atoms with Gasteiger partial charge < -0.3 is 14.2 Å². The van der Waals surface area contributed by atoms with Crippen LogP contribution in [0.4, 0.5) is 0 Å². The van der Waals surface area contributed by atoms with Gasteiger partial charge in [0.25, 0.3) is 0 Å². The highest BCUT2D eigenvalue weighted by atomic mass is 16.6. The van der Waals surface area contributed by atoms with Gasteiger partial charge in [-0.3, -0.25) is 14.4 Å². The number of esters is 3. The molecule has 0 rings (SSSR count). The molecular formula is C75H124O6. The minimum absolute atomic E-state index is 0.0925. The first-order valence-electron chi connectivity index (χ1n) is 33.7. The van der Waals surface area contributed by atoms with E-state index >= 15 is 0 Å². The van der Waals surface area contributed by atoms with Crippen molar-refractivity contribution in [1.29, 1.82) is 0 Å². The molecule has 0 amide bonds. The fourth-order valence-corrected chi connectivity index (χ4v) is 9.07. The first-order chi connectivity index (χ1) is 40.0. The van der Waals surface area contributed by atoms with Crippen LogP contribution in [-0.2, 0) is 28.6 Å². The van der Waals surface area contributed by atoms with E-state index in [4.69, 9.17) is 14.2 Å². The Hall–Kier alpha value is -4.45. The highest BCUT2D eigenvalue weighted by molar-refractivity contribution is 5.71. The Morgan fingerprint density at radius 1 is 0.259 bits per heavy atom. The lowest BCUT2D eigenvalue weighted by Gasteiger charge is -2.18. The summed E-state index contributed by atoms with van der Waals surface area (Å²) in [4.78, 5) is 38.4. The predicted octanol–water partition coefficient (Wildman–Crippen LogP) is 23.3. The number of carbonyl (C=O) groups is 3. The van der Waals surface area contributed by atoms with E-state index in [1.54, 1.807) is 0 Å². The quantitative estimate of drug-likeness (QED) is 0.0261. The molecule has 0 aromatic carbocycles. The van der Waals surface area contributed by atoms with Crippen LogP contribution in [0.2, 0.25) is 0 Å². The van der Waals surface area contributed by atoms with Gasteiger partial charge in [-0.25, -0.2) is 0 Å². The lowest BCUT2D eigenvalue weighted by atomic mass is 10.1. The van der Waals surface area contributed by atoms with Crippen LogP contribution < -0.4 is 0 Å². The molecule has 0 aliphatic carbocycles. The summed E-state index contributed by atoms with van der Waals surface area (Å²) < 4.78 is 16.9. The van der Waals surface area contributed by atoms with Crippen molar-refractivity contribution in [3.05, 3.63) is 134 Å². The molecule has 0 aliphatic heterocycles. The van der Waals surface area contributed by atoms with E-state index in [0.29, 0.717) is 19.3 Å². The number of carbonyl (C=O) groups excluding carboxylic acids is 3. The molecule has 6 nitrogen and oxygen atoms in total. The van der Waals surface area contributed by atoms with Crippen molar-refractivity contribution in [2.45, 2.75) is 309 Å². The Balaban J connectivity index is 4.37. The summed E-state index contributed by atoms with van der Waals surface area (Å²) in [7, 11) is 0. The lowest BCUT2D eigenvalue weighted by Crippen LogP contribution is -2.30. The molecule has 0 N–H and O–H groups in total. The van der Waals surface area contributed by atoms with E-state index in [1.165, 1.54) is 122 Å². The van der Waals surface area contributed by atoms with Gasteiger partial charge >= 0.3 is 17.9 Å². The van der Waals surface area contributed by atoms with E-state index in [1.807, 2.05) is 0 Å². The summed E-state index contributed by atoms with van der Waals surface area (Å²) >= 11 is 0. The number of ether oxygens (including phenoxy) is 3. The molecule has 1 atom stereocenters. The third kappa shape index (κ3) is 66.2. The molecule has 0 heterocycles. The van der Waals surface area contributed by atoms with Crippen LogP contribution in [0.5, 0.6) is 0 Å². The van der Waals surface area contributed by atoms with Crippen LogP contribution in [0.25, 0.3) is 0 Å². The largest absolute Gasteiger partial charge is 0.462 e. The van der Waals surface area contributed by atoms with Gasteiger partial charge in [0.05, 0.1) is 0 Å². The van der Waals surface area contributed by atoms with E-state index in [9.17, 15) is 14.4 Å². The van der Waals surface area contributed by atoms with Gasteiger partial charge in [0.2, 0.25) is 0 Å². The zero-order valence-electron chi connectivity index (χ0n) is 52.8. The monoisotopic (exact) mass is 1120 g/mol. The highest BCUT2D eigenvalue weighted by Crippen LogP contribution is 2.15. The molecule has 0 aliphatic rings. The Morgan fingerprint density at radius 3 is 0.778 bits per heavy atom. The van der Waals surface area contributed by atoms with Crippen LogP contribution >= 0.6 is 0 Å². The minimum atomic E-state index is -0.797. The van der Waals surface area contributed by atoms with Crippen molar-refractivity contribution in [3.63, 3.8) is 0 Å². The van der Waals surface area contributed by atoms with Gasteiger partial charge in [-0.15, -0.1) is 0 Å². The van der Waals surface area contributed by atoms with Gasteiger partial charge in [0.15, 0.2) is 6.10 Å². The Bertz CT molecular complexity index is 1720. The summed E-state index contributed by atoms with van der Waals surface area (Å²) in [6, 6.07) is 0. The maximum absolute atomic E-state index is 12.9. The molecule has 0 radical (unpaired) electrons. The minimum Gasteiger partial charge on any atom is -0.462 e. The number of rotatable bonds is 60. The van der Waals surface area contributed by atoms with Crippen LogP contribution in [0.15, 0.2) is 134 Å². The number of unbranched alkanes of at least 4 members (excludes halogenated alkanes) is 27. The second-order valence-electron chi connectivity index (χ2n) is 22.0. The molecule has 81 heavy (non-hydrogen) atoms. The third-order valence-electron chi connectivity index (χ3n) is 14.1. The van der Waals surface area contributed by atoms with Gasteiger partial charge in [0, 0.05) is 19.3 Å². The van der Waals surface area contributed by atoms with Crippen molar-refractivity contribution >= 4 is 17.9 Å². The fraction of sp³-hybridized carbons (Fsp3) is 0.667. The van der Waals surface area contributed by atoms with Crippen LogP contribution in [0, 0.1) is 0 Å². The molecule has 1 unspecified atom stereocenters. The Kier molecular flexibility index (Phi) is 64.3. The van der Waals surface area contributed by atoms with Crippen molar-refractivity contribution < 1.29 is 28.6 Å². The summed E-state index contributed by atoms with van der Waals surface area (Å²) in [5, 5.41) is 0. The fourth-order valence-electron chi connectivity index (χ4n) is 9.07. The molecule has 6 heteroatoms. The highest BCUT2D eigenvalue weighted by Gasteiger charge is 2.19. The first-order valence-corrected chi connectivity index (χ1v) is 33.7. The molecule has 0 spiro atoms. The number of hydrogen-bond donors (Lipinski definition) is 0. The van der Waals surface area contributed by atoms with E-state index < -0.39 is 6.10 Å². The van der Waals surface area contributed by atoms with Gasteiger partial charge in [-0.1, -0.05) is 276 Å². The smallest absolute Gasteiger partial charge is 0.306 e. The zero-order chi connectivity index (χ0) is 58.5. The molecule has 0 saturated carbocycles. The summed E-state index contributed by atoms with van der Waals surface area (Å²) in [6.45, 7) is 6.49. The van der Waals surface area contributed by atoms with Crippen LogP contribution in [0.3, 0.4) is 0 Å². The molecule has 460 valence electrons. The SMILES string of the molecule is CC/C=C\C/C=C\C/C=C\C/C=C\C/C=C\C/C=C\C/C=C\C/C=C\CCCCCCCCC(=O)OCC(COC(=O)CCCCCCC/C=C\CCCCCCC)OC(=O)CCCCCCCCC/C=C\C/C=C\CCCCCC. The van der Waals surface area contributed by atoms with Crippen molar-refractivity contribution in [2.75, 3.05) is 13.2 Å². The second-order valence-corrected chi connectivity index (χ2v) is 22.0. The molecule has 0 saturated heterocycles. The average molecular weight is 1120 g/mol. The average Bonchev–Trinajstić information content (AvgIpc) is 3.47. The van der Waals surface area contributed by atoms with Crippen molar-refractivity contribution in [3.8, 4) is 0 Å². The Labute approximate surface area is 500 Å². The van der Waals surface area contributed by atoms with E-state index in [-0.39, 0.29) is 31.1 Å². The van der Waals surface area contributed by atoms with Gasteiger partial charge in [0.1, 0.15) is 13.2 Å². The van der Waals surface area contributed by atoms with Crippen LogP contribution in [0.1, 0.15) is 303 Å². The Morgan fingerprint density at radius 2 is 0.481 bits per heavy atom. The maximum atomic E-state index is 12.9. The first kappa shape index (κ1) is 76.5. The molecule has 0 bridgehead atoms. The summed E-state index contributed by atoms with van der Waals surface area (Å²) in [6.07, 6.45) is 96.0. The zero-order valence-corrected chi connectivity index (χ0v) is 52.8. The molecule has 0 fully saturated rings. The van der Waals surface area contributed by atoms with Crippen molar-refractivity contribution in [2.24, 2.45) is 0 Å². The van der Waals surface area contributed by atoms with Crippen LogP contribution in [-0.4, -0.2) is 37.2 Å². The van der Waals surface area contributed by atoms with E-state index in [0.717, 1.165) is 141 Å². The molecule has 0 aromatic rings. The standard InChI is InChI=1S/C75H124O6/c1-4-7-10-13-16-19-22-25-28-30-32-33-34-35-36-37-38-39-40-41-42-43-44-46-47-50-53-56-59-62-65-68-74(77)80-71-72(70-79-73(76)67-64-61-58-55-52-49-27-24-21-18-15-12-9-6-3)81-75(78)69-66-63-60-57-54-51-48-45-31-29-26-23-20-17-14-11-8-5-2/h7,10,16,19-20,23-25,27-29,31-33,35-36,38-39,41-42,44,46,72H,4-6,8-9,11-15,17-18,21-22,26,30,34,37,40,43,45,47-71H2,1-3H3/b10-7-,19-16-,23-20-,27-24-,28-25-,31-29-,33-32-,36-35-,39-38-,42-41-,46-44-. The van der Waals surface area contributed by atoms with E-state index in [2.05, 4.69) is 154 Å².